The third-order valence-electron chi connectivity index (χ3n) is 4.69. The Morgan fingerprint density at radius 2 is 2.32 bits per heavy atom. The fourth-order valence-electron chi connectivity index (χ4n) is 3.43. The van der Waals surface area contributed by atoms with Gasteiger partial charge in [0.2, 0.25) is 5.91 Å². The second kappa shape index (κ2) is 8.16. The van der Waals surface area contributed by atoms with Crippen LogP contribution in [0.3, 0.4) is 0 Å². The van der Waals surface area contributed by atoms with Gasteiger partial charge in [0.1, 0.15) is 11.6 Å². The molecule has 0 unspecified atom stereocenters. The Kier molecular flexibility index (Phi) is 5.71. The van der Waals surface area contributed by atoms with E-state index in [2.05, 4.69) is 9.55 Å². The summed E-state index contributed by atoms with van der Waals surface area (Å²) in [4.78, 5) is 19.1. The maximum Gasteiger partial charge on any atom is 0.227 e. The normalized spacial score (nSPS) is 17.6. The number of rotatable bonds is 6. The van der Waals surface area contributed by atoms with E-state index in [1.807, 2.05) is 23.4 Å². The van der Waals surface area contributed by atoms with Crippen LogP contribution in [0, 0.1) is 0 Å². The van der Waals surface area contributed by atoms with Gasteiger partial charge in [0.15, 0.2) is 0 Å². The zero-order valence-electron chi connectivity index (χ0n) is 14.6. The number of imidazole rings is 1. The predicted molar refractivity (Wildman–Crippen MR) is 94.5 cm³/mol. The highest BCUT2D eigenvalue weighted by atomic mass is 16.5. The van der Waals surface area contributed by atoms with Crippen LogP contribution < -0.4 is 0 Å². The quantitative estimate of drug-likeness (QED) is 0.873. The molecule has 134 valence electrons. The van der Waals surface area contributed by atoms with Crippen molar-refractivity contribution in [2.75, 3.05) is 26.8 Å². The summed E-state index contributed by atoms with van der Waals surface area (Å²) in [6, 6.07) is 6.90. The molecule has 1 aliphatic rings. The van der Waals surface area contributed by atoms with Gasteiger partial charge in [-0.25, -0.2) is 4.98 Å². The van der Waals surface area contributed by atoms with Crippen molar-refractivity contribution in [3.05, 3.63) is 48.0 Å². The lowest BCUT2D eigenvalue weighted by Gasteiger charge is -2.33. The Labute approximate surface area is 148 Å². The molecule has 1 atom stereocenters. The summed E-state index contributed by atoms with van der Waals surface area (Å²) in [5.74, 6) is 1.59. The number of hydrogen-bond donors (Lipinski definition) is 1. The van der Waals surface area contributed by atoms with Crippen molar-refractivity contribution in [3.63, 3.8) is 0 Å². The molecule has 1 aromatic heterocycles. The monoisotopic (exact) mass is 343 g/mol. The summed E-state index contributed by atoms with van der Waals surface area (Å²) in [6.07, 6.45) is 6.13. The van der Waals surface area contributed by atoms with Crippen LogP contribution in [0.15, 0.2) is 36.7 Å². The fourth-order valence-corrected chi connectivity index (χ4v) is 3.43. The molecule has 1 aromatic carbocycles. The standard InChI is InChI=1S/C19H25N3O3/c1-25-11-10-21-9-7-20-19(21)16-5-3-8-22(14-16)18(24)13-15-4-2-6-17(23)12-15/h2,4,6-7,9,12,16,23H,3,5,8,10-11,13-14H2,1H3/t16-/m0/s1. The molecule has 2 aromatic rings. The highest BCUT2D eigenvalue weighted by molar-refractivity contribution is 5.79. The molecule has 0 spiro atoms. The first-order chi connectivity index (χ1) is 12.2. The van der Waals surface area contributed by atoms with E-state index in [0.717, 1.165) is 37.3 Å². The molecule has 0 saturated carbocycles. The molecule has 6 heteroatoms. The number of methoxy groups -OCH3 is 1. The minimum absolute atomic E-state index is 0.102. The number of carbonyl (C=O) groups excluding carboxylic acids is 1. The SMILES string of the molecule is COCCn1ccnc1[C@H]1CCCN(C(=O)Cc2cccc(O)c2)C1. The molecular formula is C19H25N3O3. The van der Waals surface area contributed by atoms with E-state index in [1.54, 1.807) is 25.3 Å². The molecule has 25 heavy (non-hydrogen) atoms. The average molecular weight is 343 g/mol. The predicted octanol–water partition coefficient (Wildman–Crippen LogP) is 2.18. The first kappa shape index (κ1) is 17.5. The first-order valence-corrected chi connectivity index (χ1v) is 8.73. The highest BCUT2D eigenvalue weighted by Gasteiger charge is 2.27. The van der Waals surface area contributed by atoms with Crippen LogP contribution in [0.4, 0.5) is 0 Å². The van der Waals surface area contributed by atoms with Gasteiger partial charge >= 0.3 is 0 Å². The number of carbonyl (C=O) groups is 1. The van der Waals surface area contributed by atoms with E-state index in [0.29, 0.717) is 19.6 Å². The van der Waals surface area contributed by atoms with Gasteiger partial charge in [-0.2, -0.15) is 0 Å². The van der Waals surface area contributed by atoms with E-state index in [4.69, 9.17) is 4.74 Å². The maximum atomic E-state index is 12.6. The van der Waals surface area contributed by atoms with Crippen LogP contribution in [0.1, 0.15) is 30.1 Å². The molecular weight excluding hydrogens is 318 g/mol. The van der Waals surface area contributed by atoms with Crippen molar-refractivity contribution in [2.24, 2.45) is 0 Å². The van der Waals surface area contributed by atoms with E-state index < -0.39 is 0 Å². The maximum absolute atomic E-state index is 12.6. The van der Waals surface area contributed by atoms with E-state index in [-0.39, 0.29) is 17.6 Å². The molecule has 1 fully saturated rings. The Hall–Kier alpha value is -2.34. The zero-order valence-corrected chi connectivity index (χ0v) is 14.6. The Balaban J connectivity index is 1.64. The summed E-state index contributed by atoms with van der Waals surface area (Å²) in [6.45, 7) is 2.91. The van der Waals surface area contributed by atoms with Crippen molar-refractivity contribution in [3.8, 4) is 5.75 Å². The van der Waals surface area contributed by atoms with Crippen molar-refractivity contribution in [1.29, 1.82) is 0 Å². The Bertz CT molecular complexity index is 713. The van der Waals surface area contributed by atoms with Crippen molar-refractivity contribution in [2.45, 2.75) is 31.7 Å². The molecule has 0 radical (unpaired) electrons. The van der Waals surface area contributed by atoms with Crippen LogP contribution in [-0.2, 0) is 22.5 Å². The number of likely N-dealkylation sites (tertiary alicyclic amines) is 1. The van der Waals surface area contributed by atoms with Gasteiger partial charge in [-0.15, -0.1) is 0 Å². The van der Waals surface area contributed by atoms with E-state index >= 15 is 0 Å². The van der Waals surface area contributed by atoms with Crippen molar-refractivity contribution < 1.29 is 14.6 Å². The lowest BCUT2D eigenvalue weighted by atomic mass is 9.96. The van der Waals surface area contributed by atoms with Crippen molar-refractivity contribution in [1.82, 2.24) is 14.5 Å². The number of phenolic OH excluding ortho intramolecular Hbond substituents is 1. The lowest BCUT2D eigenvalue weighted by Crippen LogP contribution is -2.40. The molecule has 1 saturated heterocycles. The van der Waals surface area contributed by atoms with Gasteiger partial charge in [0.25, 0.3) is 0 Å². The second-order valence-electron chi connectivity index (χ2n) is 6.50. The summed E-state index contributed by atoms with van der Waals surface area (Å²) in [5.41, 5.74) is 0.841. The Morgan fingerprint density at radius 1 is 1.44 bits per heavy atom. The topological polar surface area (TPSA) is 67.6 Å². The van der Waals surface area contributed by atoms with E-state index in [1.165, 1.54) is 0 Å². The minimum atomic E-state index is 0.102. The molecule has 1 aliphatic heterocycles. The van der Waals surface area contributed by atoms with Crippen LogP contribution in [0.5, 0.6) is 5.75 Å². The molecule has 2 heterocycles. The average Bonchev–Trinajstić information content (AvgIpc) is 3.08. The number of phenols is 1. The van der Waals surface area contributed by atoms with Gasteiger partial charge in [0, 0.05) is 45.1 Å². The number of aromatic nitrogens is 2. The number of benzene rings is 1. The summed E-state index contributed by atoms with van der Waals surface area (Å²) >= 11 is 0. The highest BCUT2D eigenvalue weighted by Crippen LogP contribution is 2.26. The third-order valence-corrected chi connectivity index (χ3v) is 4.69. The van der Waals surface area contributed by atoms with Gasteiger partial charge in [-0.3, -0.25) is 4.79 Å². The summed E-state index contributed by atoms with van der Waals surface area (Å²) in [5, 5.41) is 9.56. The number of piperidine rings is 1. The van der Waals surface area contributed by atoms with Gasteiger partial charge in [-0.05, 0) is 30.5 Å². The Morgan fingerprint density at radius 3 is 3.12 bits per heavy atom. The van der Waals surface area contributed by atoms with Gasteiger partial charge in [0.05, 0.1) is 13.0 Å². The van der Waals surface area contributed by atoms with Crippen LogP contribution in [-0.4, -0.2) is 52.3 Å². The summed E-state index contributed by atoms with van der Waals surface area (Å²) in [7, 11) is 1.69. The van der Waals surface area contributed by atoms with Gasteiger partial charge in [-0.1, -0.05) is 12.1 Å². The fraction of sp³-hybridized carbons (Fsp3) is 0.474. The molecule has 1 amide bonds. The molecule has 0 bridgehead atoms. The van der Waals surface area contributed by atoms with Crippen molar-refractivity contribution >= 4 is 5.91 Å². The minimum Gasteiger partial charge on any atom is -0.508 e. The lowest BCUT2D eigenvalue weighted by molar-refractivity contribution is -0.131. The van der Waals surface area contributed by atoms with Crippen LogP contribution in [0.2, 0.25) is 0 Å². The largest absolute Gasteiger partial charge is 0.508 e. The number of aromatic hydroxyl groups is 1. The number of hydrogen-bond acceptors (Lipinski definition) is 4. The molecule has 6 nitrogen and oxygen atoms in total. The summed E-state index contributed by atoms with van der Waals surface area (Å²) < 4.78 is 7.28. The zero-order chi connectivity index (χ0) is 17.6. The van der Waals surface area contributed by atoms with Gasteiger partial charge < -0.3 is 19.3 Å². The second-order valence-corrected chi connectivity index (χ2v) is 6.50. The van der Waals surface area contributed by atoms with E-state index in [9.17, 15) is 9.90 Å². The molecule has 3 rings (SSSR count). The third kappa shape index (κ3) is 4.39. The molecule has 0 aliphatic carbocycles. The number of nitrogens with zero attached hydrogens (tertiary/aromatic N) is 3. The number of amides is 1. The molecule has 1 N–H and O–H groups in total. The smallest absolute Gasteiger partial charge is 0.227 e. The first-order valence-electron chi connectivity index (χ1n) is 8.73. The van der Waals surface area contributed by atoms with Crippen LogP contribution in [0.25, 0.3) is 0 Å². The number of ether oxygens (including phenoxy) is 1. The van der Waals surface area contributed by atoms with Crippen LogP contribution >= 0.6 is 0 Å².